The van der Waals surface area contributed by atoms with Crippen LogP contribution in [0.1, 0.15) is 61.3 Å². The molecule has 1 unspecified atom stereocenters. The second kappa shape index (κ2) is 8.04. The largest absolute Gasteiger partial charge is 0.296 e. The zero-order valence-corrected chi connectivity index (χ0v) is 17.3. The number of nitrogens with one attached hydrogen (secondary N) is 1. The average molecular weight is 409 g/mol. The van der Waals surface area contributed by atoms with Gasteiger partial charge in [-0.3, -0.25) is 10.1 Å². The molecule has 1 aromatic heterocycles. The minimum Gasteiger partial charge on any atom is -0.296 e. The van der Waals surface area contributed by atoms with Crippen LogP contribution in [0.15, 0.2) is 29.2 Å². The molecule has 1 aromatic carbocycles. The molecule has 1 aliphatic heterocycles. The first-order chi connectivity index (χ1) is 12.8. The van der Waals surface area contributed by atoms with E-state index in [2.05, 4.69) is 15.5 Å². The van der Waals surface area contributed by atoms with E-state index in [9.17, 15) is 13.2 Å². The van der Waals surface area contributed by atoms with Gasteiger partial charge in [0.25, 0.3) is 5.91 Å². The van der Waals surface area contributed by atoms with Crippen molar-refractivity contribution in [3.05, 3.63) is 34.8 Å². The van der Waals surface area contributed by atoms with Crippen molar-refractivity contribution in [3.63, 3.8) is 0 Å². The summed E-state index contributed by atoms with van der Waals surface area (Å²) < 4.78 is 27.5. The van der Waals surface area contributed by atoms with Gasteiger partial charge in [-0.25, -0.2) is 8.42 Å². The van der Waals surface area contributed by atoms with Gasteiger partial charge in [0, 0.05) is 24.1 Å². The Labute approximate surface area is 163 Å². The van der Waals surface area contributed by atoms with Gasteiger partial charge in [0.15, 0.2) is 0 Å². The number of rotatable bonds is 5. The van der Waals surface area contributed by atoms with Crippen molar-refractivity contribution >= 4 is 32.4 Å². The monoisotopic (exact) mass is 408 g/mol. The van der Waals surface area contributed by atoms with Crippen LogP contribution in [0.25, 0.3) is 0 Å². The zero-order valence-electron chi connectivity index (χ0n) is 15.7. The lowest BCUT2D eigenvalue weighted by Gasteiger charge is -2.32. The molecule has 1 fully saturated rings. The number of sulfonamides is 1. The molecule has 0 spiro atoms. The molecule has 1 N–H and O–H groups in total. The van der Waals surface area contributed by atoms with Crippen LogP contribution in [-0.4, -0.2) is 41.4 Å². The van der Waals surface area contributed by atoms with Crippen molar-refractivity contribution < 1.29 is 13.2 Å². The van der Waals surface area contributed by atoms with E-state index in [-0.39, 0.29) is 22.4 Å². The van der Waals surface area contributed by atoms with E-state index in [1.54, 1.807) is 12.1 Å². The number of carbonyl (C=O) groups is 1. The highest BCUT2D eigenvalue weighted by atomic mass is 32.2. The van der Waals surface area contributed by atoms with Crippen molar-refractivity contribution in [2.45, 2.75) is 56.9 Å². The van der Waals surface area contributed by atoms with Gasteiger partial charge in [-0.2, -0.15) is 4.31 Å². The second-order valence-electron chi connectivity index (χ2n) is 7.04. The first-order valence-corrected chi connectivity index (χ1v) is 11.3. The van der Waals surface area contributed by atoms with Crippen LogP contribution in [0.2, 0.25) is 0 Å². The maximum atomic E-state index is 13.0. The van der Waals surface area contributed by atoms with Gasteiger partial charge in [0.05, 0.1) is 4.90 Å². The van der Waals surface area contributed by atoms with Crippen molar-refractivity contribution in [2.75, 3.05) is 11.9 Å². The molecule has 2 heterocycles. The molecular weight excluding hydrogens is 384 g/mol. The molecule has 9 heteroatoms. The molecule has 27 heavy (non-hydrogen) atoms. The minimum absolute atomic E-state index is 0.0305. The lowest BCUT2D eigenvalue weighted by molar-refractivity contribution is 0.102. The van der Waals surface area contributed by atoms with Gasteiger partial charge in [-0.1, -0.05) is 37.7 Å². The summed E-state index contributed by atoms with van der Waals surface area (Å²) in [6.45, 7) is 6.45. The predicted molar refractivity (Wildman–Crippen MR) is 106 cm³/mol. The molecule has 1 amide bonds. The third-order valence-corrected chi connectivity index (χ3v) is 7.75. The number of aromatic nitrogens is 2. The number of carbonyl (C=O) groups excluding carboxylic acids is 1. The van der Waals surface area contributed by atoms with Crippen molar-refractivity contribution in [1.82, 2.24) is 14.5 Å². The number of hydrogen-bond acceptors (Lipinski definition) is 6. The Morgan fingerprint density at radius 3 is 2.74 bits per heavy atom. The van der Waals surface area contributed by atoms with Crippen LogP contribution in [0.3, 0.4) is 0 Å². The van der Waals surface area contributed by atoms with Crippen LogP contribution >= 0.6 is 11.3 Å². The van der Waals surface area contributed by atoms with E-state index in [1.165, 1.54) is 27.8 Å². The molecule has 0 radical (unpaired) electrons. The van der Waals surface area contributed by atoms with E-state index >= 15 is 0 Å². The molecule has 0 bridgehead atoms. The quantitative estimate of drug-likeness (QED) is 0.818. The van der Waals surface area contributed by atoms with E-state index < -0.39 is 15.9 Å². The Hall–Kier alpha value is -1.84. The lowest BCUT2D eigenvalue weighted by Crippen LogP contribution is -2.41. The molecule has 3 rings (SSSR count). The topological polar surface area (TPSA) is 92.3 Å². The first-order valence-electron chi connectivity index (χ1n) is 9.05. The van der Waals surface area contributed by atoms with Gasteiger partial charge >= 0.3 is 0 Å². The third kappa shape index (κ3) is 4.36. The fourth-order valence-electron chi connectivity index (χ4n) is 3.05. The highest BCUT2D eigenvalue weighted by Crippen LogP contribution is 2.26. The van der Waals surface area contributed by atoms with Gasteiger partial charge in [0.1, 0.15) is 5.01 Å². The van der Waals surface area contributed by atoms with Gasteiger partial charge in [-0.15, -0.1) is 10.2 Å². The summed E-state index contributed by atoms with van der Waals surface area (Å²) in [5.41, 5.74) is 0.280. The minimum atomic E-state index is -3.62. The van der Waals surface area contributed by atoms with Crippen molar-refractivity contribution in [2.24, 2.45) is 0 Å². The van der Waals surface area contributed by atoms with E-state index in [0.717, 1.165) is 24.3 Å². The van der Waals surface area contributed by atoms with Crippen molar-refractivity contribution in [3.8, 4) is 0 Å². The molecule has 1 aliphatic rings. The van der Waals surface area contributed by atoms with Gasteiger partial charge in [0.2, 0.25) is 15.2 Å². The van der Waals surface area contributed by atoms with Gasteiger partial charge < -0.3 is 0 Å². The zero-order chi connectivity index (χ0) is 19.6. The van der Waals surface area contributed by atoms with Crippen LogP contribution in [0.5, 0.6) is 0 Å². The van der Waals surface area contributed by atoms with Crippen molar-refractivity contribution in [1.29, 1.82) is 0 Å². The van der Waals surface area contributed by atoms with E-state index in [1.807, 2.05) is 20.8 Å². The predicted octanol–water partition coefficient (Wildman–Crippen LogP) is 3.48. The Morgan fingerprint density at radius 1 is 1.30 bits per heavy atom. The maximum Gasteiger partial charge on any atom is 0.257 e. The standard InChI is InChI=1S/C18H24N4O3S2/c1-12(2)17-20-21-18(26-17)19-16(23)14-8-6-9-15(11-14)27(24,25)22-10-5-4-7-13(22)3/h6,8-9,11-13H,4-5,7,10H2,1-3H3,(H,19,21,23). The smallest absolute Gasteiger partial charge is 0.257 e. The highest BCUT2D eigenvalue weighted by Gasteiger charge is 2.31. The third-order valence-electron chi connectivity index (χ3n) is 4.60. The summed E-state index contributed by atoms with van der Waals surface area (Å²) in [4.78, 5) is 12.7. The second-order valence-corrected chi connectivity index (χ2v) is 9.94. The summed E-state index contributed by atoms with van der Waals surface area (Å²) in [5.74, 6) is -0.168. The first kappa shape index (κ1) is 19.9. The van der Waals surface area contributed by atoms with E-state index in [4.69, 9.17) is 0 Å². The lowest BCUT2D eigenvalue weighted by atomic mass is 10.1. The fourth-order valence-corrected chi connectivity index (χ4v) is 5.54. The molecular formula is C18H24N4O3S2. The van der Waals surface area contributed by atoms with Crippen LogP contribution < -0.4 is 5.32 Å². The Kier molecular flexibility index (Phi) is 5.92. The molecule has 0 saturated carbocycles. The van der Waals surface area contributed by atoms with E-state index in [0.29, 0.717) is 11.7 Å². The Bertz CT molecular complexity index is 924. The Balaban J connectivity index is 1.80. The summed E-state index contributed by atoms with van der Waals surface area (Å²) in [5, 5.41) is 11.9. The molecule has 1 saturated heterocycles. The number of nitrogens with zero attached hydrogens (tertiary/aromatic N) is 3. The number of benzene rings is 1. The number of hydrogen-bond donors (Lipinski definition) is 1. The molecule has 7 nitrogen and oxygen atoms in total. The molecule has 1 atom stereocenters. The molecule has 0 aliphatic carbocycles. The summed E-state index contributed by atoms with van der Waals surface area (Å²) >= 11 is 1.32. The molecule has 2 aromatic rings. The fraction of sp³-hybridized carbons (Fsp3) is 0.500. The molecule has 146 valence electrons. The van der Waals surface area contributed by atoms with Gasteiger partial charge in [-0.05, 0) is 38.0 Å². The number of amides is 1. The maximum absolute atomic E-state index is 13.0. The van der Waals surface area contributed by atoms with Crippen LogP contribution in [0, 0.1) is 0 Å². The normalized spacial score (nSPS) is 18.6. The highest BCUT2D eigenvalue weighted by molar-refractivity contribution is 7.89. The number of anilines is 1. The summed E-state index contributed by atoms with van der Waals surface area (Å²) in [6, 6.07) is 6.12. The van der Waals surface area contributed by atoms with Crippen LogP contribution in [-0.2, 0) is 10.0 Å². The van der Waals surface area contributed by atoms with Crippen LogP contribution in [0.4, 0.5) is 5.13 Å². The Morgan fingerprint density at radius 2 is 2.07 bits per heavy atom. The average Bonchev–Trinajstić information content (AvgIpc) is 3.11. The summed E-state index contributed by atoms with van der Waals surface area (Å²) in [6.07, 6.45) is 2.75. The number of piperidine rings is 1. The SMILES string of the molecule is CC(C)c1nnc(NC(=O)c2cccc(S(=O)(=O)N3CCCCC3C)c2)s1. The summed E-state index contributed by atoms with van der Waals surface area (Å²) in [7, 11) is -3.62.